The Hall–Kier alpha value is -3.40. The topological polar surface area (TPSA) is 144 Å². The number of carbonyl (C=O) groups is 2. The molecule has 1 aromatic carbocycles. The van der Waals surface area contributed by atoms with Crippen molar-refractivity contribution in [2.45, 2.75) is 17.9 Å². The summed E-state index contributed by atoms with van der Waals surface area (Å²) in [5, 5.41) is 13.3. The van der Waals surface area contributed by atoms with E-state index in [1.54, 1.807) is 0 Å². The molecule has 0 aromatic heterocycles. The second kappa shape index (κ2) is 7.55. The number of aliphatic imine (C=N–C) groups is 2. The molecule has 29 heavy (non-hydrogen) atoms. The van der Waals surface area contributed by atoms with Crippen LogP contribution in [0.3, 0.4) is 0 Å². The molecule has 2 aliphatic heterocycles. The molecule has 0 aliphatic carbocycles. The highest BCUT2D eigenvalue weighted by Gasteiger charge is 2.41. The Morgan fingerprint density at radius 1 is 1.48 bits per heavy atom. The maximum atomic E-state index is 14.0. The molecule has 2 N–H and O–H groups in total. The van der Waals surface area contributed by atoms with Gasteiger partial charge in [-0.15, -0.1) is 0 Å². The summed E-state index contributed by atoms with van der Waals surface area (Å²) >= 11 is 0. The number of carbonyl (C=O) groups excluding carboxylic acids is 2. The minimum atomic E-state index is -4.81. The number of amidine groups is 1. The minimum absolute atomic E-state index is 0. The van der Waals surface area contributed by atoms with Crippen LogP contribution in [0.5, 0.6) is 0 Å². The maximum absolute atomic E-state index is 14.0. The number of sulfonamides is 1. The van der Waals surface area contributed by atoms with E-state index in [4.69, 9.17) is 5.26 Å². The zero-order valence-electron chi connectivity index (χ0n) is 14.8. The van der Waals surface area contributed by atoms with Gasteiger partial charge in [-0.3, -0.25) is 9.79 Å². The average molecular weight is 427 g/mol. The number of nitrogens with zero attached hydrogens (tertiary/aromatic N) is 4. The lowest BCUT2D eigenvalue weighted by Gasteiger charge is -2.29. The number of urea groups is 1. The Balaban J connectivity index is 0.00000240. The number of anilines is 1. The maximum Gasteiger partial charge on any atom is 0.336 e. The summed E-state index contributed by atoms with van der Waals surface area (Å²) in [6.45, 7) is 0.626. The number of hydrogen-bond donors (Lipinski definition) is 2. The Bertz CT molecular complexity index is 1110. The predicted octanol–water partition coefficient (Wildman–Crippen LogP) is 1.08. The molecule has 0 fully saturated rings. The fraction of sp³-hybridized carbons (Fsp3) is 0.250. The first-order valence-electron chi connectivity index (χ1n) is 8.10. The standard InChI is InChI=1S/C16H13F2N6O4S.2H2/c1-8(15-20-5-9(4-19)6-21-15)22-12(25)7-24-16(26)23-11-3-2-10(17)13(18)14(11)29(24,27)28;;/h2-3,5,8H,6-7H2,1H3,(H,22,25)(H,23,26);2*1H/t8-;;/m0../s1. The molecule has 3 amide bonds. The fourth-order valence-corrected chi connectivity index (χ4v) is 4.12. The first-order chi connectivity index (χ1) is 13.6. The molecule has 0 unspecified atom stereocenters. The molecule has 2 aliphatic rings. The van der Waals surface area contributed by atoms with Gasteiger partial charge in [0.2, 0.25) is 5.91 Å². The number of amides is 3. The molecule has 0 saturated carbocycles. The van der Waals surface area contributed by atoms with Gasteiger partial charge in [-0.25, -0.2) is 31.3 Å². The van der Waals surface area contributed by atoms with E-state index in [9.17, 15) is 26.8 Å². The van der Waals surface area contributed by atoms with E-state index in [-0.39, 0.29) is 19.5 Å². The number of fused-ring (bicyclic) bond motifs is 1. The molecule has 10 nitrogen and oxygen atoms in total. The third-order valence-corrected chi connectivity index (χ3v) is 5.82. The zero-order valence-corrected chi connectivity index (χ0v) is 15.6. The van der Waals surface area contributed by atoms with E-state index in [1.165, 1.54) is 13.1 Å². The van der Waals surface area contributed by atoms with Crippen LogP contribution in [0.4, 0.5) is 19.3 Å². The number of rotatable bonds is 4. The lowest BCUT2D eigenvalue weighted by Crippen LogP contribution is -2.51. The third-order valence-electron chi connectivity index (χ3n) is 4.03. The molecular weight excluding hydrogens is 410 g/mol. The van der Waals surface area contributed by atoms with Gasteiger partial charge in [-0.1, -0.05) is 0 Å². The van der Waals surface area contributed by atoms with Crippen molar-refractivity contribution in [3.8, 4) is 6.07 Å². The van der Waals surface area contributed by atoms with Crippen molar-refractivity contribution in [3.63, 3.8) is 0 Å². The molecule has 155 valence electrons. The van der Waals surface area contributed by atoms with Crippen LogP contribution in [0.15, 0.2) is 27.0 Å². The first-order valence-corrected chi connectivity index (χ1v) is 9.54. The van der Waals surface area contributed by atoms with Crippen molar-refractivity contribution in [3.05, 3.63) is 29.7 Å². The van der Waals surface area contributed by atoms with Gasteiger partial charge in [-0.2, -0.15) is 5.26 Å². The Kier molecular flexibility index (Phi) is 5.29. The van der Waals surface area contributed by atoms with Crippen LogP contribution in [0, 0.1) is 28.9 Å². The lowest BCUT2D eigenvalue weighted by atomic mass is 10.1. The Morgan fingerprint density at radius 2 is 2.21 bits per heavy atom. The normalized spacial score (nSPS) is 18.9. The zero-order chi connectivity index (χ0) is 21.3. The molecule has 0 bridgehead atoms. The number of halogens is 2. The highest BCUT2D eigenvalue weighted by atomic mass is 32.2. The smallest absolute Gasteiger partial charge is 0.336 e. The van der Waals surface area contributed by atoms with Gasteiger partial charge in [0.15, 0.2) is 11.6 Å². The van der Waals surface area contributed by atoms with E-state index in [0.717, 1.165) is 6.07 Å². The summed E-state index contributed by atoms with van der Waals surface area (Å²) in [5.41, 5.74) is -0.422. The van der Waals surface area contributed by atoms with Crippen molar-refractivity contribution in [1.82, 2.24) is 9.62 Å². The van der Waals surface area contributed by atoms with Crippen LogP contribution in [0.2, 0.25) is 0 Å². The van der Waals surface area contributed by atoms with Crippen LogP contribution in [-0.4, -0.2) is 55.8 Å². The highest BCUT2D eigenvalue weighted by Crippen LogP contribution is 2.33. The minimum Gasteiger partial charge on any atom is -0.345 e. The van der Waals surface area contributed by atoms with Crippen molar-refractivity contribution in [2.75, 3.05) is 18.4 Å². The fourth-order valence-electron chi connectivity index (χ4n) is 2.62. The van der Waals surface area contributed by atoms with Crippen LogP contribution >= 0.6 is 0 Å². The monoisotopic (exact) mass is 427 g/mol. The summed E-state index contributed by atoms with van der Waals surface area (Å²) in [5.74, 6) is -3.44. The van der Waals surface area contributed by atoms with Gasteiger partial charge in [-0.05, 0) is 19.1 Å². The Morgan fingerprint density at radius 3 is 2.83 bits per heavy atom. The van der Waals surface area contributed by atoms with E-state index in [2.05, 4.69) is 20.6 Å². The predicted molar refractivity (Wildman–Crippen MR) is 101 cm³/mol. The van der Waals surface area contributed by atoms with Crippen molar-refractivity contribution >= 4 is 39.7 Å². The summed E-state index contributed by atoms with van der Waals surface area (Å²) in [6.07, 6.45) is 1.29. The molecular formula is C16H17F2N6O4S. The second-order valence-corrected chi connectivity index (χ2v) is 7.84. The molecule has 2 heterocycles. The number of hydrogen-bond acceptors (Lipinski definition) is 7. The number of nitrogens with one attached hydrogen (secondary N) is 2. The molecule has 3 rings (SSSR count). The van der Waals surface area contributed by atoms with E-state index >= 15 is 0 Å². The summed E-state index contributed by atoms with van der Waals surface area (Å²) < 4.78 is 52.8. The highest BCUT2D eigenvalue weighted by molar-refractivity contribution is 7.90. The lowest BCUT2D eigenvalue weighted by molar-refractivity contribution is -0.121. The van der Waals surface area contributed by atoms with Crippen LogP contribution < -0.4 is 10.6 Å². The SMILES string of the molecule is C[C@H](NC(=O)CN1C(=O)Nc2ccc(F)c(F)c2S1(=O)=O)C1=NC[C](C#N)C=N1.[HH].[HH]. The average Bonchev–Trinajstić information content (AvgIpc) is 2.67. The summed E-state index contributed by atoms with van der Waals surface area (Å²) in [7, 11) is -4.81. The Labute approximate surface area is 166 Å². The van der Waals surface area contributed by atoms with Gasteiger partial charge in [0, 0.05) is 9.07 Å². The molecule has 0 saturated heterocycles. The van der Waals surface area contributed by atoms with Crippen LogP contribution in [-0.2, 0) is 14.8 Å². The van der Waals surface area contributed by atoms with Crippen LogP contribution in [0.1, 0.15) is 9.78 Å². The van der Waals surface area contributed by atoms with E-state index in [1.807, 2.05) is 6.07 Å². The van der Waals surface area contributed by atoms with Crippen LogP contribution in [0.25, 0.3) is 0 Å². The molecule has 1 atom stereocenters. The van der Waals surface area contributed by atoms with E-state index < -0.39 is 56.8 Å². The number of benzene rings is 1. The van der Waals surface area contributed by atoms with Gasteiger partial charge in [0.05, 0.1) is 24.3 Å². The molecule has 13 heteroatoms. The third kappa shape index (κ3) is 3.79. The number of nitriles is 1. The largest absolute Gasteiger partial charge is 0.345 e. The van der Waals surface area contributed by atoms with Gasteiger partial charge in [0.25, 0.3) is 10.0 Å². The summed E-state index contributed by atoms with van der Waals surface area (Å²) in [4.78, 5) is 31.3. The summed E-state index contributed by atoms with van der Waals surface area (Å²) in [6, 6.07) is 1.53. The van der Waals surface area contributed by atoms with Crippen molar-refractivity contribution < 1.29 is 29.6 Å². The van der Waals surface area contributed by atoms with Gasteiger partial charge in [0.1, 0.15) is 23.2 Å². The van der Waals surface area contributed by atoms with Gasteiger partial charge >= 0.3 is 6.03 Å². The first kappa shape index (κ1) is 20.3. The molecule has 1 aromatic rings. The quantitative estimate of drug-likeness (QED) is 0.739. The second-order valence-electron chi connectivity index (χ2n) is 6.04. The van der Waals surface area contributed by atoms with Gasteiger partial charge < -0.3 is 10.6 Å². The van der Waals surface area contributed by atoms with E-state index in [0.29, 0.717) is 12.0 Å². The molecule has 1 radical (unpaired) electrons. The van der Waals surface area contributed by atoms with Crippen molar-refractivity contribution in [1.29, 1.82) is 5.26 Å². The van der Waals surface area contributed by atoms with Crippen molar-refractivity contribution in [2.24, 2.45) is 9.98 Å². The molecule has 0 spiro atoms.